The minimum atomic E-state index is -3.12. The van der Waals surface area contributed by atoms with Gasteiger partial charge < -0.3 is 14.4 Å². The summed E-state index contributed by atoms with van der Waals surface area (Å²) in [5.74, 6) is 1.32. The van der Waals surface area contributed by atoms with Crippen LogP contribution in [0.1, 0.15) is 65.6 Å². The predicted octanol–water partition coefficient (Wildman–Crippen LogP) is 5.34. The highest BCUT2D eigenvalue weighted by Crippen LogP contribution is 2.46. The molecule has 5 atom stereocenters. The molecule has 2 aliphatic heterocycles. The molecule has 0 radical (unpaired) electrons. The van der Waals surface area contributed by atoms with Crippen molar-refractivity contribution in [3.8, 4) is 5.75 Å². The van der Waals surface area contributed by atoms with E-state index in [1.807, 2.05) is 12.1 Å². The van der Waals surface area contributed by atoms with Gasteiger partial charge in [0.1, 0.15) is 15.7 Å². The lowest BCUT2D eigenvalue weighted by Gasteiger charge is -2.46. The molecule has 214 valence electrons. The number of nitrogens with zero attached hydrogens (tertiary/aromatic N) is 2. The van der Waals surface area contributed by atoms with E-state index in [-0.39, 0.29) is 17.3 Å². The smallest absolute Gasteiger partial charge is 0.286 e. The Labute approximate surface area is 238 Å². The maximum atomic E-state index is 13.2. The normalized spacial score (nSPS) is 33.0. The van der Waals surface area contributed by atoms with Gasteiger partial charge in [0, 0.05) is 36.9 Å². The van der Waals surface area contributed by atoms with Gasteiger partial charge in [0.15, 0.2) is 0 Å². The number of rotatable bonds is 1. The van der Waals surface area contributed by atoms with Crippen LogP contribution in [0.15, 0.2) is 52.9 Å². The number of aryl methyl sites for hydroxylation is 2. The molecule has 6 rings (SSSR count). The van der Waals surface area contributed by atoms with Crippen molar-refractivity contribution in [1.82, 2.24) is 0 Å². The maximum Gasteiger partial charge on any atom is 0.286 e. The van der Waals surface area contributed by atoms with Crippen LogP contribution in [0.5, 0.6) is 5.75 Å². The van der Waals surface area contributed by atoms with Gasteiger partial charge in [-0.25, -0.2) is 9.35 Å². The third-order valence-corrected chi connectivity index (χ3v) is 10.8. The molecular weight excluding hydrogens is 522 g/mol. The Balaban J connectivity index is 1.44. The molecule has 0 saturated heterocycles. The first-order chi connectivity index (χ1) is 19.3. The fourth-order valence-electron chi connectivity index (χ4n) is 7.22. The molecule has 1 spiro atoms. The van der Waals surface area contributed by atoms with E-state index in [1.165, 1.54) is 16.7 Å². The number of ether oxygens (including phenoxy) is 2. The lowest BCUT2D eigenvalue weighted by molar-refractivity contribution is 0.0132. The first-order valence-electron chi connectivity index (χ1n) is 14.7. The third-order valence-electron chi connectivity index (χ3n) is 9.47. The molecule has 1 fully saturated rings. The molecule has 2 bridgehead atoms. The summed E-state index contributed by atoms with van der Waals surface area (Å²) in [4.78, 5) is 15.6. The van der Waals surface area contributed by atoms with E-state index in [4.69, 9.17) is 14.6 Å². The van der Waals surface area contributed by atoms with Gasteiger partial charge >= 0.3 is 0 Å². The Morgan fingerprint density at radius 3 is 2.85 bits per heavy atom. The number of amides is 1. The molecule has 2 aromatic rings. The highest BCUT2D eigenvalue weighted by Gasteiger charge is 2.44. The lowest BCUT2D eigenvalue weighted by Crippen LogP contribution is -2.49. The third kappa shape index (κ3) is 5.33. The first-order valence-corrected chi connectivity index (χ1v) is 16.4. The average Bonchev–Trinajstić information content (AvgIpc) is 3.06. The fourth-order valence-corrected chi connectivity index (χ4v) is 8.28. The summed E-state index contributed by atoms with van der Waals surface area (Å²) >= 11 is 0. The van der Waals surface area contributed by atoms with Gasteiger partial charge in [-0.15, -0.1) is 4.36 Å². The molecular formula is C32H41N3O4S. The maximum absolute atomic E-state index is 13.2. The number of carbonyl (C=O) groups excluding carboxylic acids is 1. The Kier molecular flexibility index (Phi) is 7.53. The molecule has 40 heavy (non-hydrogen) atoms. The SMILES string of the molecule is CO[C@H]1/C=C/CCC[S@@](N)(=O)=NC(=O)c2ccc3c(c2)N(C[C@@H]2CC[C@H]21)C[C@@]1(CCCc2cc(C)ccc21)CO3. The second kappa shape index (κ2) is 11.0. The van der Waals surface area contributed by atoms with Gasteiger partial charge in [0.05, 0.1) is 18.4 Å². The summed E-state index contributed by atoms with van der Waals surface area (Å²) in [6, 6.07) is 12.4. The molecule has 8 heteroatoms. The summed E-state index contributed by atoms with van der Waals surface area (Å²) in [6.45, 7) is 4.43. The zero-order chi connectivity index (χ0) is 27.9. The van der Waals surface area contributed by atoms with E-state index in [0.717, 1.165) is 63.1 Å². The number of fused-ring (bicyclic) bond motifs is 4. The number of hydrogen-bond donors (Lipinski definition) is 1. The van der Waals surface area contributed by atoms with Crippen molar-refractivity contribution in [1.29, 1.82) is 0 Å². The largest absolute Gasteiger partial charge is 0.490 e. The Morgan fingerprint density at radius 2 is 2.05 bits per heavy atom. The van der Waals surface area contributed by atoms with Crippen LogP contribution in [-0.2, 0) is 26.5 Å². The summed E-state index contributed by atoms with van der Waals surface area (Å²) in [7, 11) is -1.33. The summed E-state index contributed by atoms with van der Waals surface area (Å²) < 4.78 is 29.5. The molecule has 0 aromatic heterocycles. The fraction of sp³-hybridized carbons (Fsp3) is 0.531. The molecule has 2 heterocycles. The number of anilines is 1. The van der Waals surface area contributed by atoms with Gasteiger partial charge in [-0.05, 0) is 93.0 Å². The number of hydrogen-bond acceptors (Lipinski definition) is 5. The number of methoxy groups -OCH3 is 1. The van der Waals surface area contributed by atoms with Crippen LogP contribution in [0.2, 0.25) is 0 Å². The molecule has 2 aromatic carbocycles. The van der Waals surface area contributed by atoms with Crippen LogP contribution >= 0.6 is 0 Å². The average molecular weight is 564 g/mol. The second-order valence-corrected chi connectivity index (χ2v) is 14.2. The molecule has 1 saturated carbocycles. The highest BCUT2D eigenvalue weighted by molar-refractivity contribution is 7.91. The number of carbonyl (C=O) groups is 1. The Hall–Kier alpha value is -2.68. The van der Waals surface area contributed by atoms with Crippen LogP contribution in [-0.4, -0.2) is 48.8 Å². The van der Waals surface area contributed by atoms with E-state index in [0.29, 0.717) is 30.4 Å². The molecule has 2 aliphatic carbocycles. The van der Waals surface area contributed by atoms with Gasteiger partial charge in [-0.2, -0.15) is 0 Å². The van der Waals surface area contributed by atoms with E-state index in [9.17, 15) is 9.00 Å². The van der Waals surface area contributed by atoms with E-state index < -0.39 is 15.8 Å². The second-order valence-electron chi connectivity index (χ2n) is 12.2. The van der Waals surface area contributed by atoms with Gasteiger partial charge in [0.25, 0.3) is 5.91 Å². The standard InChI is InChI=1S/C32H41N3O4S/c1-22-9-13-27-23(17-22)7-6-15-32(27)20-35-19-25-10-12-26(25)29(38-2)8-4-3-5-16-40(33,37)34-31(36)24-11-14-30(39-21-32)28(35)18-24/h4,8-9,11,13-14,17-18,25-26,29H,3,5-7,10,12,15-16,19-21H2,1-2H3,(H2,33,34,36,37)/b8-4+/t25-,26+,29-,32-,40-/m0/s1. The van der Waals surface area contributed by atoms with Crippen molar-refractivity contribution in [2.45, 2.75) is 63.4 Å². The van der Waals surface area contributed by atoms with Gasteiger partial charge in [-0.3, -0.25) is 4.79 Å². The molecule has 7 nitrogen and oxygen atoms in total. The van der Waals surface area contributed by atoms with Crippen molar-refractivity contribution >= 4 is 21.5 Å². The molecule has 4 aliphatic rings. The van der Waals surface area contributed by atoms with Crippen LogP contribution in [0.4, 0.5) is 5.69 Å². The molecule has 1 amide bonds. The zero-order valence-electron chi connectivity index (χ0n) is 23.6. The Morgan fingerprint density at radius 1 is 1.18 bits per heavy atom. The van der Waals surface area contributed by atoms with Crippen LogP contribution in [0.3, 0.4) is 0 Å². The predicted molar refractivity (Wildman–Crippen MR) is 159 cm³/mol. The summed E-state index contributed by atoms with van der Waals surface area (Å²) in [6.07, 6.45) is 11.2. The lowest BCUT2D eigenvalue weighted by atomic mass is 9.68. The highest BCUT2D eigenvalue weighted by atomic mass is 32.2. The first kappa shape index (κ1) is 27.5. The summed E-state index contributed by atoms with van der Waals surface area (Å²) in [5, 5.41) is 6.01. The van der Waals surface area contributed by atoms with E-state index in [2.05, 4.69) is 46.5 Å². The van der Waals surface area contributed by atoms with Gasteiger partial charge in [-0.1, -0.05) is 35.9 Å². The summed E-state index contributed by atoms with van der Waals surface area (Å²) in [5.41, 5.74) is 5.27. The minimum absolute atomic E-state index is 0.0431. The molecule has 0 unspecified atom stereocenters. The van der Waals surface area contributed by atoms with Crippen LogP contribution in [0, 0.1) is 18.8 Å². The monoisotopic (exact) mass is 563 g/mol. The quantitative estimate of drug-likeness (QED) is 0.473. The molecule has 2 N–H and O–H groups in total. The van der Waals surface area contributed by atoms with Crippen molar-refractivity contribution in [3.63, 3.8) is 0 Å². The topological polar surface area (TPSA) is 94.2 Å². The zero-order valence-corrected chi connectivity index (χ0v) is 24.5. The Bertz CT molecular complexity index is 1450. The van der Waals surface area contributed by atoms with Crippen molar-refractivity contribution in [3.05, 3.63) is 70.8 Å². The van der Waals surface area contributed by atoms with Crippen LogP contribution < -0.4 is 14.8 Å². The minimum Gasteiger partial charge on any atom is -0.490 e. The van der Waals surface area contributed by atoms with E-state index in [1.54, 1.807) is 13.2 Å². The van der Waals surface area contributed by atoms with Crippen molar-refractivity contribution in [2.24, 2.45) is 21.3 Å². The van der Waals surface area contributed by atoms with Crippen molar-refractivity contribution in [2.75, 3.05) is 37.5 Å². The number of allylic oxidation sites excluding steroid dienone is 1. The number of benzene rings is 2. The van der Waals surface area contributed by atoms with Crippen LogP contribution in [0.25, 0.3) is 0 Å². The number of nitrogens with two attached hydrogens (primary N) is 1. The van der Waals surface area contributed by atoms with Crippen molar-refractivity contribution < 1.29 is 18.5 Å². The van der Waals surface area contributed by atoms with Gasteiger partial charge in [0.2, 0.25) is 0 Å². The van der Waals surface area contributed by atoms with E-state index >= 15 is 0 Å².